The topological polar surface area (TPSA) is 53.7 Å². The first-order valence-corrected chi connectivity index (χ1v) is 11.2. The highest BCUT2D eigenvalue weighted by atomic mass is 19.4. The van der Waals surface area contributed by atoms with Crippen molar-refractivity contribution in [2.75, 3.05) is 26.2 Å². The molecule has 6 nitrogen and oxygen atoms in total. The first-order chi connectivity index (χ1) is 17.2. The number of benzene rings is 2. The lowest BCUT2D eigenvalue weighted by Crippen LogP contribution is -2.48. The molecule has 1 fully saturated rings. The van der Waals surface area contributed by atoms with Gasteiger partial charge >= 0.3 is 6.18 Å². The van der Waals surface area contributed by atoms with Crippen LogP contribution in [0.4, 0.5) is 22.0 Å². The molecule has 1 saturated heterocycles. The summed E-state index contributed by atoms with van der Waals surface area (Å²) in [6, 6.07) is 13.3. The second-order valence-corrected chi connectivity index (χ2v) is 8.53. The summed E-state index contributed by atoms with van der Waals surface area (Å²) < 4.78 is 68.8. The molecule has 0 bridgehead atoms. The summed E-state index contributed by atoms with van der Waals surface area (Å²) in [7, 11) is 0. The van der Waals surface area contributed by atoms with Gasteiger partial charge in [-0.05, 0) is 48.0 Å². The van der Waals surface area contributed by atoms with Crippen molar-refractivity contribution in [1.29, 1.82) is 0 Å². The zero-order chi connectivity index (χ0) is 25.4. The largest absolute Gasteiger partial charge is 0.433 e. The lowest BCUT2D eigenvalue weighted by Gasteiger charge is -2.34. The molecule has 2 aromatic heterocycles. The number of hydrogen-bond acceptors (Lipinski definition) is 4. The van der Waals surface area contributed by atoms with Crippen LogP contribution in [0.15, 0.2) is 60.7 Å². The van der Waals surface area contributed by atoms with E-state index in [9.17, 15) is 26.7 Å². The number of aromatic nitrogens is 3. The Morgan fingerprint density at radius 3 is 2.28 bits per heavy atom. The SMILES string of the molecule is O=C(c1cc2nc(-c3ccc(F)cc3)cc(C(F)(F)F)n2n1)N1CCN(Cc2cccc(F)c2)CC1. The van der Waals surface area contributed by atoms with Crippen LogP contribution in [-0.4, -0.2) is 56.5 Å². The number of nitrogens with zero attached hydrogens (tertiary/aromatic N) is 5. The molecule has 4 aromatic rings. The molecule has 1 aliphatic rings. The van der Waals surface area contributed by atoms with Gasteiger partial charge in [-0.2, -0.15) is 18.3 Å². The van der Waals surface area contributed by atoms with E-state index in [1.54, 1.807) is 6.07 Å². The Bertz CT molecular complexity index is 1410. The maximum atomic E-state index is 13.8. The lowest BCUT2D eigenvalue weighted by molar-refractivity contribution is -0.142. The van der Waals surface area contributed by atoms with Gasteiger partial charge in [0, 0.05) is 44.4 Å². The highest BCUT2D eigenvalue weighted by Gasteiger charge is 2.36. The fraction of sp³-hybridized carbons (Fsp3) is 0.240. The quantitative estimate of drug-likeness (QED) is 0.382. The molecule has 36 heavy (non-hydrogen) atoms. The summed E-state index contributed by atoms with van der Waals surface area (Å²) in [5.41, 5.74) is -0.281. The Hall–Kier alpha value is -3.86. The van der Waals surface area contributed by atoms with Crippen LogP contribution in [-0.2, 0) is 12.7 Å². The maximum absolute atomic E-state index is 13.8. The molecule has 0 atom stereocenters. The Labute approximate surface area is 202 Å². The van der Waals surface area contributed by atoms with Crippen molar-refractivity contribution < 1.29 is 26.7 Å². The fourth-order valence-corrected chi connectivity index (χ4v) is 4.21. The monoisotopic (exact) mass is 501 g/mol. The van der Waals surface area contributed by atoms with Crippen molar-refractivity contribution in [3.05, 3.63) is 89.2 Å². The van der Waals surface area contributed by atoms with Crippen LogP contribution in [0, 0.1) is 11.6 Å². The molecule has 0 radical (unpaired) electrons. The predicted molar refractivity (Wildman–Crippen MR) is 121 cm³/mol. The van der Waals surface area contributed by atoms with Crippen molar-refractivity contribution >= 4 is 11.6 Å². The number of rotatable bonds is 4. The number of carbonyl (C=O) groups is 1. The Morgan fingerprint density at radius 2 is 1.61 bits per heavy atom. The van der Waals surface area contributed by atoms with Gasteiger partial charge in [0.1, 0.15) is 11.6 Å². The van der Waals surface area contributed by atoms with Gasteiger partial charge in [-0.1, -0.05) is 12.1 Å². The number of alkyl halides is 3. The Balaban J connectivity index is 1.37. The lowest BCUT2D eigenvalue weighted by atomic mass is 10.1. The van der Waals surface area contributed by atoms with E-state index in [0.717, 1.165) is 23.8 Å². The molecule has 1 aliphatic heterocycles. The highest BCUT2D eigenvalue weighted by molar-refractivity contribution is 5.93. The molecular weight excluding hydrogens is 481 g/mol. The van der Waals surface area contributed by atoms with E-state index in [1.165, 1.54) is 35.2 Å². The first-order valence-electron chi connectivity index (χ1n) is 11.2. The van der Waals surface area contributed by atoms with E-state index < -0.39 is 23.6 Å². The molecule has 186 valence electrons. The summed E-state index contributed by atoms with van der Waals surface area (Å²) >= 11 is 0. The van der Waals surface area contributed by atoms with E-state index in [2.05, 4.69) is 15.0 Å². The van der Waals surface area contributed by atoms with Crippen LogP contribution >= 0.6 is 0 Å². The molecule has 0 N–H and O–H groups in total. The number of fused-ring (bicyclic) bond motifs is 1. The van der Waals surface area contributed by atoms with Gasteiger partial charge in [-0.3, -0.25) is 9.69 Å². The second-order valence-electron chi connectivity index (χ2n) is 8.53. The van der Waals surface area contributed by atoms with Gasteiger partial charge in [0.15, 0.2) is 17.0 Å². The third-order valence-electron chi connectivity index (χ3n) is 6.03. The summed E-state index contributed by atoms with van der Waals surface area (Å²) in [6.45, 7) is 2.27. The average molecular weight is 501 g/mol. The molecule has 1 amide bonds. The minimum Gasteiger partial charge on any atom is -0.335 e. The standard InChI is InChI=1S/C25H20F5N5O/c26-18-6-4-17(5-7-18)20-13-22(25(28,29)30)35-23(31-20)14-21(32-35)24(36)34-10-8-33(9-11-34)15-16-2-1-3-19(27)12-16/h1-7,12-14H,8-11,15H2. The van der Waals surface area contributed by atoms with Crippen molar-refractivity contribution in [2.24, 2.45) is 0 Å². The summed E-state index contributed by atoms with van der Waals surface area (Å²) in [6.07, 6.45) is -4.76. The minimum absolute atomic E-state index is 0.0142. The molecule has 5 rings (SSSR count). The van der Waals surface area contributed by atoms with Gasteiger partial charge in [-0.15, -0.1) is 0 Å². The number of amides is 1. The number of carbonyl (C=O) groups excluding carboxylic acids is 1. The van der Waals surface area contributed by atoms with Crippen LogP contribution in [0.2, 0.25) is 0 Å². The normalized spacial score (nSPS) is 15.0. The molecular formula is C25H20F5N5O. The van der Waals surface area contributed by atoms with E-state index in [1.807, 2.05) is 6.07 Å². The zero-order valence-corrected chi connectivity index (χ0v) is 18.8. The summed E-state index contributed by atoms with van der Waals surface area (Å²) in [5.74, 6) is -1.34. The summed E-state index contributed by atoms with van der Waals surface area (Å²) in [4.78, 5) is 20.9. The molecule has 0 aliphatic carbocycles. The Morgan fingerprint density at radius 1 is 0.889 bits per heavy atom. The molecule has 0 saturated carbocycles. The van der Waals surface area contributed by atoms with Crippen molar-refractivity contribution in [3.8, 4) is 11.3 Å². The van der Waals surface area contributed by atoms with E-state index >= 15 is 0 Å². The van der Waals surface area contributed by atoms with Gasteiger partial charge < -0.3 is 4.90 Å². The molecule has 0 spiro atoms. The second kappa shape index (κ2) is 9.30. The number of halogens is 5. The van der Waals surface area contributed by atoms with E-state index in [0.29, 0.717) is 42.8 Å². The minimum atomic E-state index is -4.76. The fourth-order valence-electron chi connectivity index (χ4n) is 4.21. The zero-order valence-electron chi connectivity index (χ0n) is 18.8. The predicted octanol–water partition coefficient (Wildman–Crippen LogP) is 4.65. The van der Waals surface area contributed by atoms with E-state index in [-0.39, 0.29) is 22.9 Å². The van der Waals surface area contributed by atoms with Crippen LogP contribution < -0.4 is 0 Å². The van der Waals surface area contributed by atoms with Crippen LogP contribution in [0.1, 0.15) is 21.7 Å². The van der Waals surface area contributed by atoms with Gasteiger partial charge in [0.05, 0.1) is 5.69 Å². The smallest absolute Gasteiger partial charge is 0.335 e. The third kappa shape index (κ3) is 4.92. The van der Waals surface area contributed by atoms with Crippen molar-refractivity contribution in [1.82, 2.24) is 24.4 Å². The van der Waals surface area contributed by atoms with Crippen LogP contribution in [0.5, 0.6) is 0 Å². The van der Waals surface area contributed by atoms with E-state index in [4.69, 9.17) is 0 Å². The number of hydrogen-bond donors (Lipinski definition) is 0. The third-order valence-corrected chi connectivity index (χ3v) is 6.03. The Kier molecular flexibility index (Phi) is 6.17. The van der Waals surface area contributed by atoms with Crippen LogP contribution in [0.3, 0.4) is 0 Å². The maximum Gasteiger partial charge on any atom is 0.433 e. The first kappa shape index (κ1) is 23.9. The molecule has 2 aromatic carbocycles. The highest BCUT2D eigenvalue weighted by Crippen LogP contribution is 2.32. The molecule has 3 heterocycles. The van der Waals surface area contributed by atoms with Crippen LogP contribution in [0.25, 0.3) is 16.9 Å². The molecule has 11 heteroatoms. The molecule has 0 unspecified atom stereocenters. The van der Waals surface area contributed by atoms with Crippen molar-refractivity contribution in [3.63, 3.8) is 0 Å². The van der Waals surface area contributed by atoms with Gasteiger partial charge in [0.2, 0.25) is 0 Å². The van der Waals surface area contributed by atoms with Gasteiger partial charge in [0.25, 0.3) is 5.91 Å². The average Bonchev–Trinajstić information content (AvgIpc) is 3.27. The number of piperazine rings is 1. The summed E-state index contributed by atoms with van der Waals surface area (Å²) in [5, 5.41) is 3.93. The van der Waals surface area contributed by atoms with Gasteiger partial charge in [-0.25, -0.2) is 18.3 Å². The van der Waals surface area contributed by atoms with Crippen molar-refractivity contribution in [2.45, 2.75) is 12.7 Å².